The van der Waals surface area contributed by atoms with E-state index < -0.39 is 0 Å². The van der Waals surface area contributed by atoms with Crippen LogP contribution < -0.4 is 15.8 Å². The number of ether oxygens (including phenoxy) is 2. The van der Waals surface area contributed by atoms with Gasteiger partial charge in [-0.15, -0.1) is 24.0 Å². The van der Waals surface area contributed by atoms with Crippen LogP contribution in [0.5, 0.6) is 5.75 Å². The third kappa shape index (κ3) is 5.50. The monoisotopic (exact) mass is 432 g/mol. The second-order valence-corrected chi connectivity index (χ2v) is 5.80. The lowest BCUT2D eigenvalue weighted by atomic mass is 10.2. The van der Waals surface area contributed by atoms with Crippen molar-refractivity contribution in [2.24, 2.45) is 10.7 Å². The van der Waals surface area contributed by atoms with Crippen molar-refractivity contribution in [2.45, 2.75) is 25.0 Å². The summed E-state index contributed by atoms with van der Waals surface area (Å²) in [5.74, 6) is 1.23. The molecule has 0 amide bonds. The molecule has 1 aliphatic heterocycles. The Bertz CT molecular complexity index is 519. The molecule has 1 aromatic rings. The minimum absolute atomic E-state index is 0. The number of anilines is 1. The van der Waals surface area contributed by atoms with Crippen LogP contribution in [-0.2, 0) is 4.74 Å². The second-order valence-electron chi connectivity index (χ2n) is 5.80. The summed E-state index contributed by atoms with van der Waals surface area (Å²) >= 11 is 0. The maximum Gasteiger partial charge on any atom is 0.193 e. The number of rotatable bonds is 5. The number of nitrogens with two attached hydrogens (primary N) is 1. The number of aliphatic imine (C=N–C) groups is 1. The molecule has 0 spiro atoms. The first-order valence-corrected chi connectivity index (χ1v) is 7.81. The van der Waals surface area contributed by atoms with Gasteiger partial charge < -0.3 is 20.5 Å². The smallest absolute Gasteiger partial charge is 0.193 e. The lowest BCUT2D eigenvalue weighted by molar-refractivity contribution is -0.0258. The molecule has 1 aromatic carbocycles. The van der Waals surface area contributed by atoms with Gasteiger partial charge in [-0.2, -0.15) is 0 Å². The molecule has 1 atom stereocenters. The summed E-state index contributed by atoms with van der Waals surface area (Å²) in [6.07, 6.45) is 2.81. The standard InChI is InChI=1S/C16H24N4O2.HI/c1-21-14-6-2-12(3-7-14)19-16(17)18-10-15-11-20(8-9-22-15)13-4-5-13;/h2-3,6-7,13,15H,4-5,8-11H2,1H3,(H3,17,18,19);1H. The van der Waals surface area contributed by atoms with Crippen LogP contribution >= 0.6 is 24.0 Å². The molecule has 1 saturated heterocycles. The number of nitrogens with zero attached hydrogens (tertiary/aromatic N) is 2. The summed E-state index contributed by atoms with van der Waals surface area (Å²) in [4.78, 5) is 6.91. The average molecular weight is 432 g/mol. The Hall–Kier alpha value is -1.06. The Morgan fingerprint density at radius 3 is 2.78 bits per heavy atom. The SMILES string of the molecule is COc1ccc(NC(N)=NCC2CN(C3CC3)CCO2)cc1.I. The number of hydrogen-bond donors (Lipinski definition) is 2. The molecule has 3 rings (SSSR count). The van der Waals surface area contributed by atoms with Crippen molar-refractivity contribution >= 4 is 35.6 Å². The van der Waals surface area contributed by atoms with Crippen molar-refractivity contribution in [1.82, 2.24) is 4.90 Å². The molecule has 1 heterocycles. The van der Waals surface area contributed by atoms with E-state index in [-0.39, 0.29) is 30.1 Å². The number of benzene rings is 1. The van der Waals surface area contributed by atoms with Gasteiger partial charge in [0.15, 0.2) is 5.96 Å². The van der Waals surface area contributed by atoms with Gasteiger partial charge in [-0.1, -0.05) is 0 Å². The minimum atomic E-state index is 0. The molecular weight excluding hydrogens is 407 g/mol. The predicted molar refractivity (Wildman–Crippen MR) is 103 cm³/mol. The van der Waals surface area contributed by atoms with Crippen molar-refractivity contribution in [3.8, 4) is 5.75 Å². The van der Waals surface area contributed by atoms with E-state index in [0.29, 0.717) is 12.5 Å². The number of methoxy groups -OCH3 is 1. The van der Waals surface area contributed by atoms with E-state index in [1.807, 2.05) is 24.3 Å². The van der Waals surface area contributed by atoms with Gasteiger partial charge in [0, 0.05) is 24.8 Å². The Balaban J connectivity index is 0.00000192. The van der Waals surface area contributed by atoms with Crippen LogP contribution in [0.25, 0.3) is 0 Å². The lowest BCUT2D eigenvalue weighted by Crippen LogP contribution is -2.45. The molecule has 1 aliphatic carbocycles. The van der Waals surface area contributed by atoms with Crippen LogP contribution in [0.1, 0.15) is 12.8 Å². The predicted octanol–water partition coefficient (Wildman–Crippen LogP) is 1.90. The highest BCUT2D eigenvalue weighted by molar-refractivity contribution is 14.0. The van der Waals surface area contributed by atoms with Gasteiger partial charge in [0.05, 0.1) is 26.4 Å². The second kappa shape index (κ2) is 8.70. The number of hydrogen-bond acceptors (Lipinski definition) is 4. The number of halogens is 1. The average Bonchev–Trinajstić information content (AvgIpc) is 3.39. The Morgan fingerprint density at radius 2 is 2.13 bits per heavy atom. The molecule has 0 aromatic heterocycles. The quantitative estimate of drug-likeness (QED) is 0.423. The van der Waals surface area contributed by atoms with E-state index in [1.165, 1.54) is 12.8 Å². The third-order valence-corrected chi connectivity index (χ3v) is 4.06. The van der Waals surface area contributed by atoms with Gasteiger partial charge in [-0.05, 0) is 37.1 Å². The molecule has 23 heavy (non-hydrogen) atoms. The topological polar surface area (TPSA) is 72.1 Å². The summed E-state index contributed by atoms with van der Waals surface area (Å²) in [5.41, 5.74) is 6.83. The Morgan fingerprint density at radius 1 is 1.39 bits per heavy atom. The van der Waals surface area contributed by atoms with Crippen molar-refractivity contribution in [2.75, 3.05) is 38.7 Å². The van der Waals surface area contributed by atoms with E-state index in [0.717, 1.165) is 37.2 Å². The third-order valence-electron chi connectivity index (χ3n) is 4.06. The van der Waals surface area contributed by atoms with Gasteiger partial charge in [0.1, 0.15) is 5.75 Å². The fourth-order valence-corrected chi connectivity index (χ4v) is 2.69. The zero-order valence-corrected chi connectivity index (χ0v) is 15.7. The van der Waals surface area contributed by atoms with Crippen LogP contribution in [0.2, 0.25) is 0 Å². The lowest BCUT2D eigenvalue weighted by Gasteiger charge is -2.32. The number of morpholine rings is 1. The highest BCUT2D eigenvalue weighted by Gasteiger charge is 2.32. The van der Waals surface area contributed by atoms with Gasteiger partial charge in [0.2, 0.25) is 0 Å². The summed E-state index contributed by atoms with van der Waals surface area (Å²) in [7, 11) is 1.65. The summed E-state index contributed by atoms with van der Waals surface area (Å²) in [6, 6.07) is 8.37. The van der Waals surface area contributed by atoms with Crippen LogP contribution in [0.3, 0.4) is 0 Å². The molecule has 2 fully saturated rings. The first-order valence-electron chi connectivity index (χ1n) is 7.81. The van der Waals surface area contributed by atoms with Crippen LogP contribution in [0.4, 0.5) is 5.69 Å². The zero-order chi connectivity index (χ0) is 15.4. The van der Waals surface area contributed by atoms with Gasteiger partial charge >= 0.3 is 0 Å². The summed E-state index contributed by atoms with van der Waals surface area (Å²) in [5, 5.41) is 3.08. The van der Waals surface area contributed by atoms with Crippen molar-refractivity contribution in [3.63, 3.8) is 0 Å². The van der Waals surface area contributed by atoms with E-state index in [4.69, 9.17) is 15.2 Å². The molecule has 1 unspecified atom stereocenters. The van der Waals surface area contributed by atoms with Gasteiger partial charge in [-0.25, -0.2) is 0 Å². The molecule has 3 N–H and O–H groups in total. The maximum atomic E-state index is 5.94. The van der Waals surface area contributed by atoms with Gasteiger partial charge in [-0.3, -0.25) is 9.89 Å². The first-order chi connectivity index (χ1) is 10.7. The number of guanidine groups is 1. The van der Waals surface area contributed by atoms with E-state index in [9.17, 15) is 0 Å². The van der Waals surface area contributed by atoms with E-state index in [2.05, 4.69) is 15.2 Å². The van der Waals surface area contributed by atoms with Crippen molar-refractivity contribution < 1.29 is 9.47 Å². The normalized spacial score (nSPS) is 22.3. The van der Waals surface area contributed by atoms with E-state index in [1.54, 1.807) is 7.11 Å². The fourth-order valence-electron chi connectivity index (χ4n) is 2.69. The molecule has 0 bridgehead atoms. The highest BCUT2D eigenvalue weighted by Crippen LogP contribution is 2.28. The van der Waals surface area contributed by atoms with Crippen molar-refractivity contribution in [3.05, 3.63) is 24.3 Å². The highest BCUT2D eigenvalue weighted by atomic mass is 127. The minimum Gasteiger partial charge on any atom is -0.497 e. The first kappa shape index (κ1) is 18.3. The zero-order valence-electron chi connectivity index (χ0n) is 13.4. The van der Waals surface area contributed by atoms with E-state index >= 15 is 0 Å². The Kier molecular flexibility index (Phi) is 6.91. The fraction of sp³-hybridized carbons (Fsp3) is 0.562. The summed E-state index contributed by atoms with van der Waals surface area (Å²) < 4.78 is 10.9. The molecule has 128 valence electrons. The maximum absolute atomic E-state index is 5.94. The molecular formula is C16H25IN4O2. The van der Waals surface area contributed by atoms with Crippen molar-refractivity contribution in [1.29, 1.82) is 0 Å². The van der Waals surface area contributed by atoms with Crippen LogP contribution in [0, 0.1) is 0 Å². The van der Waals surface area contributed by atoms with Crippen LogP contribution in [-0.4, -0.2) is 56.4 Å². The largest absolute Gasteiger partial charge is 0.497 e. The van der Waals surface area contributed by atoms with Gasteiger partial charge in [0.25, 0.3) is 0 Å². The Labute approximate surface area is 154 Å². The molecule has 7 heteroatoms. The van der Waals surface area contributed by atoms with Crippen LogP contribution in [0.15, 0.2) is 29.3 Å². The molecule has 1 saturated carbocycles. The molecule has 6 nitrogen and oxygen atoms in total. The molecule has 0 radical (unpaired) electrons. The molecule has 2 aliphatic rings. The number of nitrogens with one attached hydrogen (secondary N) is 1. The summed E-state index contributed by atoms with van der Waals surface area (Å²) in [6.45, 7) is 3.40.